The number of methoxy groups -OCH3 is 1. The Balaban J connectivity index is 0.774. The molecular weight excluding hydrogens is 975 g/mol. The molecule has 75 heavy (non-hydrogen) atoms. The molecule has 6 N–H and O–H groups in total. The Hall–Kier alpha value is -7.58. The van der Waals surface area contributed by atoms with Gasteiger partial charge in [0.15, 0.2) is 17.4 Å². The van der Waals surface area contributed by atoms with Crippen LogP contribution in [-0.2, 0) is 45.9 Å². The highest BCUT2D eigenvalue weighted by atomic mass is 32.1. The Morgan fingerprint density at radius 2 is 1.63 bits per heavy atom. The molecule has 6 aromatic rings. The third kappa shape index (κ3) is 15.3. The fraction of sp³-hybridized carbons (Fsp3) is 0.418. The summed E-state index contributed by atoms with van der Waals surface area (Å²) in [4.78, 5) is 80.2. The standard InChI is InChI=1S/C55H67N11O8S/c1-34-50(75-33-62-34)36-17-15-35(16-18-36)29-59-54(72)43-27-40(67)26-42(43)49(70)51(55(2,3)4)63-48(69)14-9-7-8-13-47(68)57-23-24-74-41-20-19-38(45(28-41)73-6)30-60-53(71)37-11-10-12-39(25-37)58-31-46-64-65-52(66(46)5)44-21-22-56-32-61-44/h10-12,15-22,25,28,32-33,40,42-43,51,58,67H,7-9,13-14,23-24,26-27,29-31H2,1-6H3,(H,57,68)(H,59,72)(H,60,71)(H,63,69)/t40-,42?,43+,51+/m0/s1. The molecule has 0 saturated heterocycles. The number of nitrogens with zero attached hydrogens (tertiary/aromatic N) is 6. The molecule has 3 aromatic carbocycles. The predicted octanol–water partition coefficient (Wildman–Crippen LogP) is 6.50. The number of hydrogen-bond acceptors (Lipinski definition) is 15. The molecule has 7 rings (SSSR count). The number of aliphatic hydroxyl groups is 1. The molecular formula is C55H67N11O8S. The number of rotatable bonds is 25. The summed E-state index contributed by atoms with van der Waals surface area (Å²) in [7, 11) is 3.40. The summed E-state index contributed by atoms with van der Waals surface area (Å²) in [6.45, 7) is 8.96. The van der Waals surface area contributed by atoms with E-state index in [0.717, 1.165) is 32.9 Å². The Morgan fingerprint density at radius 3 is 2.35 bits per heavy atom. The van der Waals surface area contributed by atoms with E-state index in [-0.39, 0.29) is 81.3 Å². The smallest absolute Gasteiger partial charge is 0.251 e. The first-order valence-electron chi connectivity index (χ1n) is 25.2. The molecule has 19 nitrogen and oxygen atoms in total. The van der Waals surface area contributed by atoms with Crippen molar-refractivity contribution < 1.29 is 38.6 Å². The van der Waals surface area contributed by atoms with E-state index >= 15 is 0 Å². The number of carbonyl (C=O) groups is 5. The maximum Gasteiger partial charge on any atom is 0.251 e. The molecule has 1 aliphatic rings. The van der Waals surface area contributed by atoms with Crippen molar-refractivity contribution in [3.8, 4) is 33.5 Å². The summed E-state index contributed by atoms with van der Waals surface area (Å²) >= 11 is 1.57. The Bertz CT molecular complexity index is 2900. The Morgan fingerprint density at radius 1 is 0.853 bits per heavy atom. The van der Waals surface area contributed by atoms with Gasteiger partial charge in [-0.25, -0.2) is 15.0 Å². The van der Waals surface area contributed by atoms with Gasteiger partial charge in [0.2, 0.25) is 17.7 Å². The number of ether oxygens (including phenoxy) is 2. The van der Waals surface area contributed by atoms with Crippen molar-refractivity contribution in [2.24, 2.45) is 24.3 Å². The minimum Gasteiger partial charge on any atom is -0.496 e. The summed E-state index contributed by atoms with van der Waals surface area (Å²) in [5, 5.41) is 34.2. The maximum absolute atomic E-state index is 14.1. The van der Waals surface area contributed by atoms with Gasteiger partial charge in [0.1, 0.15) is 30.1 Å². The van der Waals surface area contributed by atoms with E-state index in [2.05, 4.69) is 51.7 Å². The van der Waals surface area contributed by atoms with Crippen LogP contribution >= 0.6 is 11.3 Å². The van der Waals surface area contributed by atoms with Crippen molar-refractivity contribution in [2.45, 2.75) is 104 Å². The SMILES string of the molecule is COc1cc(OCCNC(=O)CCCCCC(=O)N[C@H](C(=O)C2C[C@H](O)C[C@H]2C(=O)NCc2ccc(-c3scnc3C)cc2)C(C)(C)C)ccc1CNC(=O)c1cccc(NCc2nnc(-c3ccncn3)n2C)c1. The zero-order valence-corrected chi connectivity index (χ0v) is 44.2. The van der Waals surface area contributed by atoms with E-state index in [9.17, 15) is 29.1 Å². The highest BCUT2D eigenvalue weighted by Crippen LogP contribution is 2.37. The number of aliphatic hydroxyl groups excluding tert-OH is 1. The number of carbonyl (C=O) groups excluding carboxylic acids is 5. The van der Waals surface area contributed by atoms with Gasteiger partial charge < -0.3 is 45.7 Å². The molecule has 0 radical (unpaired) electrons. The lowest BCUT2D eigenvalue weighted by Crippen LogP contribution is -2.52. The summed E-state index contributed by atoms with van der Waals surface area (Å²) in [6.07, 6.45) is 4.81. The van der Waals surface area contributed by atoms with Crippen molar-refractivity contribution in [2.75, 3.05) is 25.6 Å². The van der Waals surface area contributed by atoms with Gasteiger partial charge >= 0.3 is 0 Å². The number of aryl methyl sites for hydroxylation is 1. The Labute approximate surface area is 441 Å². The number of anilines is 1. The number of unbranched alkanes of at least 4 members (excludes halogenated alkanes) is 2. The molecule has 1 fully saturated rings. The lowest BCUT2D eigenvalue weighted by Gasteiger charge is -2.33. The normalized spacial score (nSPS) is 15.6. The molecule has 3 aromatic heterocycles. The molecule has 396 valence electrons. The van der Waals surface area contributed by atoms with E-state index < -0.39 is 29.4 Å². The van der Waals surface area contributed by atoms with Crippen LogP contribution < -0.4 is 36.1 Å². The first-order valence-corrected chi connectivity index (χ1v) is 26.1. The van der Waals surface area contributed by atoms with Gasteiger partial charge in [-0.15, -0.1) is 21.5 Å². The molecule has 1 saturated carbocycles. The third-order valence-corrected chi connectivity index (χ3v) is 14.2. The van der Waals surface area contributed by atoms with Gasteiger partial charge in [-0.2, -0.15) is 0 Å². The number of ketones is 1. The van der Waals surface area contributed by atoms with Crippen LogP contribution in [0, 0.1) is 24.2 Å². The quantitative estimate of drug-likeness (QED) is 0.0335. The molecule has 0 aliphatic heterocycles. The van der Waals surface area contributed by atoms with Gasteiger partial charge in [0.05, 0.1) is 54.3 Å². The molecule has 0 spiro atoms. The summed E-state index contributed by atoms with van der Waals surface area (Å²) in [6, 6.07) is 21.3. The second kappa shape index (κ2) is 26.1. The summed E-state index contributed by atoms with van der Waals surface area (Å²) in [5.41, 5.74) is 6.72. The number of benzene rings is 3. The molecule has 20 heteroatoms. The largest absolute Gasteiger partial charge is 0.496 e. The number of nitrogens with one attached hydrogen (secondary N) is 5. The van der Waals surface area contributed by atoms with Crippen LogP contribution in [0.5, 0.6) is 11.5 Å². The van der Waals surface area contributed by atoms with Crippen LogP contribution in [0.4, 0.5) is 5.69 Å². The molecule has 3 heterocycles. The first-order chi connectivity index (χ1) is 36.1. The zero-order valence-electron chi connectivity index (χ0n) is 43.4. The average Bonchev–Trinajstić information content (AvgIpc) is 4.14. The van der Waals surface area contributed by atoms with E-state index in [1.807, 2.05) is 81.2 Å². The zero-order chi connectivity index (χ0) is 53.5. The van der Waals surface area contributed by atoms with E-state index in [1.54, 1.807) is 61.0 Å². The molecule has 1 aliphatic carbocycles. The minimum absolute atomic E-state index is 0.137. The topological polar surface area (TPSA) is 254 Å². The van der Waals surface area contributed by atoms with Crippen LogP contribution in [0.2, 0.25) is 0 Å². The summed E-state index contributed by atoms with van der Waals surface area (Å²) in [5.74, 6) is -0.306. The Kier molecular flexibility index (Phi) is 19.2. The minimum atomic E-state index is -0.855. The van der Waals surface area contributed by atoms with Crippen LogP contribution in [0.15, 0.2) is 90.8 Å². The maximum atomic E-state index is 14.1. The fourth-order valence-corrected chi connectivity index (χ4v) is 9.81. The first kappa shape index (κ1) is 55.2. The molecule has 4 atom stereocenters. The van der Waals surface area contributed by atoms with E-state index in [1.165, 1.54) is 6.33 Å². The van der Waals surface area contributed by atoms with Crippen molar-refractivity contribution in [3.05, 3.63) is 119 Å². The van der Waals surface area contributed by atoms with Gasteiger partial charge in [-0.05, 0) is 85.5 Å². The van der Waals surface area contributed by atoms with Gasteiger partial charge in [-0.1, -0.05) is 57.5 Å². The summed E-state index contributed by atoms with van der Waals surface area (Å²) < 4.78 is 13.3. The van der Waals surface area contributed by atoms with Crippen molar-refractivity contribution in [1.29, 1.82) is 0 Å². The van der Waals surface area contributed by atoms with Crippen molar-refractivity contribution in [3.63, 3.8) is 0 Å². The van der Waals surface area contributed by atoms with Gasteiger partial charge in [0, 0.05) is 68.0 Å². The highest BCUT2D eigenvalue weighted by Gasteiger charge is 2.46. The van der Waals surface area contributed by atoms with E-state index in [4.69, 9.17) is 9.47 Å². The second-order valence-corrected chi connectivity index (χ2v) is 20.6. The molecule has 4 amide bonds. The number of aromatic nitrogens is 6. The van der Waals surface area contributed by atoms with Crippen LogP contribution in [-0.4, -0.2) is 96.6 Å². The third-order valence-electron chi connectivity index (χ3n) is 13.2. The lowest BCUT2D eigenvalue weighted by molar-refractivity contribution is -0.137. The number of hydrogen-bond donors (Lipinski definition) is 6. The van der Waals surface area contributed by atoms with Crippen molar-refractivity contribution >= 4 is 46.4 Å². The van der Waals surface area contributed by atoms with Crippen LogP contribution in [0.1, 0.15) is 98.7 Å². The predicted molar refractivity (Wildman–Crippen MR) is 284 cm³/mol. The lowest BCUT2D eigenvalue weighted by atomic mass is 9.77. The fourth-order valence-electron chi connectivity index (χ4n) is 9.00. The second-order valence-electron chi connectivity index (χ2n) is 19.7. The van der Waals surface area contributed by atoms with Crippen LogP contribution in [0.3, 0.4) is 0 Å². The average molecular weight is 1040 g/mol. The number of Topliss-reactive ketones (excluding diaryl/α,β-unsaturated/α-hetero) is 1. The monoisotopic (exact) mass is 1040 g/mol. The molecule has 0 bridgehead atoms. The number of thiazole rings is 1. The van der Waals surface area contributed by atoms with Crippen molar-refractivity contribution in [1.82, 2.24) is 51.0 Å². The van der Waals surface area contributed by atoms with Crippen LogP contribution in [0.25, 0.3) is 22.0 Å². The van der Waals surface area contributed by atoms with E-state index in [0.29, 0.717) is 60.2 Å². The number of amides is 4. The molecule has 1 unspecified atom stereocenters. The van der Waals surface area contributed by atoms with Gasteiger partial charge in [0.25, 0.3) is 5.91 Å². The highest BCUT2D eigenvalue weighted by molar-refractivity contribution is 7.13. The van der Waals surface area contributed by atoms with Gasteiger partial charge in [-0.3, -0.25) is 24.0 Å².